The quantitative estimate of drug-likeness (QED) is 0.0443. The van der Waals surface area contributed by atoms with E-state index in [-0.39, 0.29) is 11.9 Å². The van der Waals surface area contributed by atoms with Crippen molar-refractivity contribution < 1.29 is 23.9 Å². The molecular formula is C65H129N3O5. The molecule has 0 rings (SSSR count). The molecule has 0 saturated heterocycles. The van der Waals surface area contributed by atoms with Crippen molar-refractivity contribution in [3.05, 3.63) is 0 Å². The summed E-state index contributed by atoms with van der Waals surface area (Å²) in [7, 11) is 2.24. The first kappa shape index (κ1) is 71.3. The summed E-state index contributed by atoms with van der Waals surface area (Å²) in [5, 5.41) is 0. The number of carbonyl (C=O) groups excluding carboxylic acids is 3. The van der Waals surface area contributed by atoms with Crippen molar-refractivity contribution in [1.82, 2.24) is 14.7 Å². The zero-order valence-electron chi connectivity index (χ0n) is 50.5. The monoisotopic (exact) mass is 1030 g/mol. The number of amides is 1. The summed E-state index contributed by atoms with van der Waals surface area (Å²) in [6.45, 7) is 21.9. The summed E-state index contributed by atoms with van der Waals surface area (Å²) >= 11 is 0. The van der Waals surface area contributed by atoms with Gasteiger partial charge in [0, 0.05) is 32.4 Å². The Balaban J connectivity index is 5.10. The Hall–Kier alpha value is -1.67. The lowest BCUT2D eigenvalue weighted by atomic mass is 9.95. The molecule has 0 spiro atoms. The second kappa shape index (κ2) is 56.5. The van der Waals surface area contributed by atoms with Gasteiger partial charge in [0.25, 0.3) is 0 Å². The molecule has 0 aromatic heterocycles. The van der Waals surface area contributed by atoms with Crippen LogP contribution in [0.1, 0.15) is 324 Å². The Kier molecular flexibility index (Phi) is 55.2. The molecule has 434 valence electrons. The van der Waals surface area contributed by atoms with E-state index >= 15 is 0 Å². The fourth-order valence-corrected chi connectivity index (χ4v) is 10.5. The smallest absolute Gasteiger partial charge is 0.305 e. The van der Waals surface area contributed by atoms with Gasteiger partial charge in [-0.3, -0.25) is 14.4 Å². The fraction of sp³-hybridized carbons (Fsp3) is 0.954. The zero-order chi connectivity index (χ0) is 53.5. The summed E-state index contributed by atoms with van der Waals surface area (Å²) in [5.74, 6) is 1.37. The molecule has 0 radical (unpaired) electrons. The van der Waals surface area contributed by atoms with Crippen LogP contribution in [0, 0.1) is 11.8 Å². The molecule has 0 aliphatic rings. The van der Waals surface area contributed by atoms with E-state index < -0.39 is 0 Å². The van der Waals surface area contributed by atoms with Crippen molar-refractivity contribution >= 4 is 17.8 Å². The van der Waals surface area contributed by atoms with Crippen LogP contribution in [0.15, 0.2) is 0 Å². The van der Waals surface area contributed by atoms with E-state index in [1.807, 2.05) is 0 Å². The molecule has 0 aromatic carbocycles. The van der Waals surface area contributed by atoms with Gasteiger partial charge in [-0.2, -0.15) is 0 Å². The molecule has 0 saturated carbocycles. The number of nitrogens with zero attached hydrogens (tertiary/aromatic N) is 3. The predicted molar refractivity (Wildman–Crippen MR) is 317 cm³/mol. The highest BCUT2D eigenvalue weighted by molar-refractivity contribution is 5.76. The molecule has 0 aromatic rings. The number of hydrogen-bond donors (Lipinski definition) is 0. The van der Waals surface area contributed by atoms with Crippen molar-refractivity contribution in [2.45, 2.75) is 324 Å². The standard InChI is InChI=1S/C65H129N3O5/c1-8-14-20-26-28-34-47-61(45-32-22-16-10-3)59-72-64(70)50-36-30-39-54-67(55-40-31-37-51-65(71)73-60-62(46-33-23-17-11-4)48-35-29-27-21-15-9-2)56-44-53-66(7)52-43-38-49-63(69)68(57-41-24-18-12-5)58-42-25-19-13-6/h61-62H,8-60H2,1-7H3. The maximum atomic E-state index is 13.3. The summed E-state index contributed by atoms with van der Waals surface area (Å²) in [6, 6.07) is 0. The van der Waals surface area contributed by atoms with Gasteiger partial charge in [0.2, 0.25) is 5.91 Å². The van der Waals surface area contributed by atoms with Gasteiger partial charge in [-0.05, 0) is 135 Å². The van der Waals surface area contributed by atoms with Crippen molar-refractivity contribution in [3.8, 4) is 0 Å². The van der Waals surface area contributed by atoms with Crippen LogP contribution in [0.3, 0.4) is 0 Å². The van der Waals surface area contributed by atoms with Crippen LogP contribution in [0.5, 0.6) is 0 Å². The SMILES string of the molecule is CCCCCCCCC(CCCCCC)COC(=O)CCCCCN(CCCCCC(=O)OCC(CCCCCC)CCCCCCCC)CCCN(C)CCCCC(=O)N(CCCCCC)CCCCCC. The summed E-state index contributed by atoms with van der Waals surface area (Å²) < 4.78 is 11.9. The van der Waals surface area contributed by atoms with E-state index in [1.54, 1.807) is 0 Å². The molecule has 73 heavy (non-hydrogen) atoms. The highest BCUT2D eigenvalue weighted by Crippen LogP contribution is 2.22. The van der Waals surface area contributed by atoms with Crippen LogP contribution in [-0.2, 0) is 23.9 Å². The van der Waals surface area contributed by atoms with Gasteiger partial charge in [0.1, 0.15) is 0 Å². The van der Waals surface area contributed by atoms with Crippen LogP contribution in [-0.4, -0.2) is 98.6 Å². The summed E-state index contributed by atoms with van der Waals surface area (Å²) in [5.41, 5.74) is 0. The third kappa shape index (κ3) is 49.6. The summed E-state index contributed by atoms with van der Waals surface area (Å²) in [6.07, 6.45) is 51.4. The Morgan fingerprint density at radius 2 is 0.603 bits per heavy atom. The molecule has 0 N–H and O–H groups in total. The van der Waals surface area contributed by atoms with E-state index in [2.05, 4.69) is 63.3 Å². The normalized spacial score (nSPS) is 12.5. The lowest BCUT2D eigenvalue weighted by molar-refractivity contribution is -0.146. The van der Waals surface area contributed by atoms with Crippen molar-refractivity contribution in [2.24, 2.45) is 11.8 Å². The number of unbranched alkanes of at least 4 members (excludes halogenated alkanes) is 27. The summed E-state index contributed by atoms with van der Waals surface area (Å²) in [4.78, 5) is 46.4. The largest absolute Gasteiger partial charge is 0.465 e. The molecule has 2 unspecified atom stereocenters. The Bertz CT molecular complexity index is 1100. The van der Waals surface area contributed by atoms with E-state index in [1.165, 1.54) is 193 Å². The minimum atomic E-state index is -0.00765. The maximum Gasteiger partial charge on any atom is 0.305 e. The molecular weight excluding hydrogens is 903 g/mol. The number of esters is 2. The first-order chi connectivity index (χ1) is 35.7. The number of rotatable bonds is 59. The average Bonchev–Trinajstić information content (AvgIpc) is 3.39. The predicted octanol–water partition coefficient (Wildman–Crippen LogP) is 18.7. The van der Waals surface area contributed by atoms with Gasteiger partial charge in [0.15, 0.2) is 0 Å². The highest BCUT2D eigenvalue weighted by atomic mass is 16.5. The minimum Gasteiger partial charge on any atom is -0.465 e. The second-order valence-corrected chi connectivity index (χ2v) is 23.0. The molecule has 8 nitrogen and oxygen atoms in total. The Labute approximate surface area is 456 Å². The molecule has 0 fully saturated rings. The van der Waals surface area contributed by atoms with Crippen LogP contribution in [0.25, 0.3) is 0 Å². The molecule has 0 aliphatic heterocycles. The first-order valence-electron chi connectivity index (χ1n) is 32.7. The topological polar surface area (TPSA) is 79.4 Å². The third-order valence-electron chi connectivity index (χ3n) is 15.6. The Morgan fingerprint density at radius 3 is 1.01 bits per heavy atom. The first-order valence-corrected chi connectivity index (χ1v) is 32.7. The number of carbonyl (C=O) groups is 3. The molecule has 0 bridgehead atoms. The van der Waals surface area contributed by atoms with Crippen LogP contribution < -0.4 is 0 Å². The molecule has 0 heterocycles. The molecule has 1 amide bonds. The lowest BCUT2D eigenvalue weighted by Crippen LogP contribution is -2.33. The number of ether oxygens (including phenoxy) is 2. The van der Waals surface area contributed by atoms with Gasteiger partial charge in [0.05, 0.1) is 13.2 Å². The van der Waals surface area contributed by atoms with E-state index in [0.29, 0.717) is 50.2 Å². The van der Waals surface area contributed by atoms with E-state index in [4.69, 9.17) is 9.47 Å². The maximum absolute atomic E-state index is 13.3. The van der Waals surface area contributed by atoms with Gasteiger partial charge >= 0.3 is 11.9 Å². The van der Waals surface area contributed by atoms with E-state index in [0.717, 1.165) is 116 Å². The fourth-order valence-electron chi connectivity index (χ4n) is 10.5. The Morgan fingerprint density at radius 1 is 0.315 bits per heavy atom. The highest BCUT2D eigenvalue weighted by Gasteiger charge is 2.16. The average molecular weight is 1030 g/mol. The van der Waals surface area contributed by atoms with Gasteiger partial charge in [-0.15, -0.1) is 0 Å². The van der Waals surface area contributed by atoms with Crippen molar-refractivity contribution in [1.29, 1.82) is 0 Å². The van der Waals surface area contributed by atoms with Crippen molar-refractivity contribution in [2.75, 3.05) is 66.1 Å². The minimum absolute atomic E-state index is 0.00765. The molecule has 8 heteroatoms. The lowest BCUT2D eigenvalue weighted by Gasteiger charge is -2.24. The van der Waals surface area contributed by atoms with E-state index in [9.17, 15) is 14.4 Å². The number of hydrogen-bond acceptors (Lipinski definition) is 7. The molecule has 0 aliphatic carbocycles. The second-order valence-electron chi connectivity index (χ2n) is 23.0. The van der Waals surface area contributed by atoms with Gasteiger partial charge in [-0.25, -0.2) is 0 Å². The van der Waals surface area contributed by atoms with Crippen LogP contribution >= 0.6 is 0 Å². The van der Waals surface area contributed by atoms with Gasteiger partial charge < -0.3 is 24.2 Å². The third-order valence-corrected chi connectivity index (χ3v) is 15.6. The molecule has 2 atom stereocenters. The van der Waals surface area contributed by atoms with Crippen LogP contribution in [0.2, 0.25) is 0 Å². The van der Waals surface area contributed by atoms with Crippen molar-refractivity contribution in [3.63, 3.8) is 0 Å². The van der Waals surface area contributed by atoms with Gasteiger partial charge in [-0.1, -0.05) is 221 Å². The zero-order valence-corrected chi connectivity index (χ0v) is 50.5. The van der Waals surface area contributed by atoms with Crippen LogP contribution in [0.4, 0.5) is 0 Å².